The van der Waals surface area contributed by atoms with Crippen LogP contribution in [-0.2, 0) is 31.6 Å². The molecule has 1 saturated carbocycles. The van der Waals surface area contributed by atoms with Gasteiger partial charge in [-0.15, -0.1) is 0 Å². The van der Waals surface area contributed by atoms with Gasteiger partial charge in [0.25, 0.3) is 0 Å². The van der Waals surface area contributed by atoms with Gasteiger partial charge in [-0.2, -0.15) is 9.57 Å². The molecular formula is C26H21ClN4O4S. The number of amides is 2. The number of fused-ring (bicyclic) bond motifs is 3. The molecule has 1 saturated heterocycles. The van der Waals surface area contributed by atoms with E-state index in [9.17, 15) is 23.3 Å². The van der Waals surface area contributed by atoms with Gasteiger partial charge in [0.1, 0.15) is 0 Å². The van der Waals surface area contributed by atoms with E-state index in [1.54, 1.807) is 24.4 Å². The van der Waals surface area contributed by atoms with Crippen molar-refractivity contribution in [2.75, 3.05) is 17.2 Å². The number of rotatable bonds is 4. The number of aromatic nitrogens is 1. The summed E-state index contributed by atoms with van der Waals surface area (Å²) in [5.41, 5.74) is -0.748. The largest absolute Gasteiger partial charge is 0.274 e. The highest BCUT2D eigenvalue weighted by Crippen LogP contribution is 2.49. The predicted octanol–water partition coefficient (Wildman–Crippen LogP) is 3.54. The van der Waals surface area contributed by atoms with Crippen LogP contribution >= 0.6 is 11.6 Å². The molecule has 3 aromatic rings. The van der Waals surface area contributed by atoms with Gasteiger partial charge in [0, 0.05) is 41.5 Å². The van der Waals surface area contributed by atoms with E-state index >= 15 is 0 Å². The van der Waals surface area contributed by atoms with Gasteiger partial charge in [-0.3, -0.25) is 14.6 Å². The van der Waals surface area contributed by atoms with Crippen molar-refractivity contribution in [3.63, 3.8) is 0 Å². The van der Waals surface area contributed by atoms with Crippen LogP contribution < -0.4 is 4.90 Å². The number of anilines is 1. The Kier molecular flexibility index (Phi) is 5.03. The molecular weight excluding hydrogens is 500 g/mol. The van der Waals surface area contributed by atoms with Crippen molar-refractivity contribution >= 4 is 49.9 Å². The zero-order valence-electron chi connectivity index (χ0n) is 19.1. The van der Waals surface area contributed by atoms with Crippen LogP contribution in [0, 0.1) is 16.7 Å². The van der Waals surface area contributed by atoms with Crippen LogP contribution in [0.5, 0.6) is 0 Å². The normalized spacial score (nSPS) is 23.2. The van der Waals surface area contributed by atoms with Crippen LogP contribution in [-0.4, -0.2) is 41.8 Å². The fourth-order valence-corrected chi connectivity index (χ4v) is 7.60. The fourth-order valence-electron chi connectivity index (χ4n) is 5.44. The zero-order chi connectivity index (χ0) is 25.3. The molecule has 2 aliphatic heterocycles. The van der Waals surface area contributed by atoms with Crippen molar-refractivity contribution in [3.05, 3.63) is 71.0 Å². The SMILES string of the molecule is N#CC1(CS(=O)(=O)N2Cc3ccc(Cl)cc3[C@@]3(CC(=O)N(c4cncc5ccccc45)C3=O)C2)CC1. The zero-order valence-corrected chi connectivity index (χ0v) is 20.7. The maximum Gasteiger partial charge on any atom is 0.246 e. The molecule has 36 heavy (non-hydrogen) atoms. The van der Waals surface area contributed by atoms with E-state index in [0.29, 0.717) is 40.1 Å². The number of hydrogen-bond donors (Lipinski definition) is 0. The second kappa shape index (κ2) is 7.84. The number of carbonyl (C=O) groups excluding carboxylic acids is 2. The summed E-state index contributed by atoms with van der Waals surface area (Å²) >= 11 is 6.31. The molecule has 1 aliphatic carbocycles. The first kappa shape index (κ1) is 23.1. The molecule has 3 heterocycles. The van der Waals surface area contributed by atoms with E-state index in [2.05, 4.69) is 11.1 Å². The molecule has 8 nitrogen and oxygen atoms in total. The number of sulfonamides is 1. The van der Waals surface area contributed by atoms with Crippen molar-refractivity contribution in [2.24, 2.45) is 5.41 Å². The molecule has 6 rings (SSSR count). The monoisotopic (exact) mass is 520 g/mol. The molecule has 0 radical (unpaired) electrons. The average molecular weight is 521 g/mol. The standard InChI is InChI=1S/C26H21ClN4O4S/c27-19-6-5-18-13-30(36(34,35)16-25(14-28)7-8-25)15-26(21(18)9-19)10-23(32)31(24(26)33)22-12-29-11-17-3-1-2-4-20(17)22/h1-6,9,11-12H,7-8,10,13,15-16H2/t26-/m1/s1. The Balaban J connectivity index is 1.47. The molecule has 2 amide bonds. The fraction of sp³-hybridized carbons (Fsp3) is 0.308. The number of hydrogen-bond acceptors (Lipinski definition) is 6. The lowest BCUT2D eigenvalue weighted by Crippen LogP contribution is -2.53. The third-order valence-corrected chi connectivity index (χ3v) is 9.72. The molecule has 2 fully saturated rings. The van der Waals surface area contributed by atoms with Crippen LogP contribution in [0.25, 0.3) is 10.8 Å². The third-order valence-electron chi connectivity index (χ3n) is 7.53. The highest BCUT2D eigenvalue weighted by molar-refractivity contribution is 7.89. The lowest BCUT2D eigenvalue weighted by molar-refractivity contribution is -0.123. The van der Waals surface area contributed by atoms with Gasteiger partial charge in [0.2, 0.25) is 21.8 Å². The molecule has 182 valence electrons. The van der Waals surface area contributed by atoms with Gasteiger partial charge >= 0.3 is 0 Å². The molecule has 0 N–H and O–H groups in total. The van der Waals surface area contributed by atoms with Gasteiger partial charge in [0.05, 0.1) is 34.5 Å². The predicted molar refractivity (Wildman–Crippen MR) is 133 cm³/mol. The summed E-state index contributed by atoms with van der Waals surface area (Å²) < 4.78 is 28.2. The van der Waals surface area contributed by atoms with E-state index in [4.69, 9.17) is 11.6 Å². The van der Waals surface area contributed by atoms with Gasteiger partial charge in [-0.1, -0.05) is 41.9 Å². The molecule has 1 atom stereocenters. The van der Waals surface area contributed by atoms with E-state index in [1.165, 1.54) is 10.5 Å². The number of imide groups is 1. The first-order valence-electron chi connectivity index (χ1n) is 11.6. The van der Waals surface area contributed by atoms with E-state index in [1.807, 2.05) is 24.3 Å². The minimum absolute atomic E-state index is 0.0510. The molecule has 2 aromatic carbocycles. The second-order valence-electron chi connectivity index (χ2n) is 9.89. The maximum absolute atomic E-state index is 14.2. The first-order valence-corrected chi connectivity index (χ1v) is 13.5. The van der Waals surface area contributed by atoms with Gasteiger partial charge < -0.3 is 0 Å². The summed E-state index contributed by atoms with van der Waals surface area (Å²) in [6.45, 7) is -0.140. The Morgan fingerprint density at radius 2 is 1.89 bits per heavy atom. The first-order chi connectivity index (χ1) is 17.2. The van der Waals surface area contributed by atoms with Crippen molar-refractivity contribution in [1.29, 1.82) is 5.26 Å². The Morgan fingerprint density at radius 3 is 2.64 bits per heavy atom. The molecule has 10 heteroatoms. The summed E-state index contributed by atoms with van der Waals surface area (Å²) in [7, 11) is -3.88. The van der Waals surface area contributed by atoms with E-state index in [-0.39, 0.29) is 25.3 Å². The number of carbonyl (C=O) groups is 2. The Labute approximate surface area is 213 Å². The third kappa shape index (κ3) is 3.44. The minimum atomic E-state index is -3.88. The van der Waals surface area contributed by atoms with Crippen molar-refractivity contribution < 1.29 is 18.0 Å². The maximum atomic E-state index is 14.2. The van der Waals surface area contributed by atoms with Crippen LogP contribution in [0.4, 0.5) is 5.69 Å². The Hall–Kier alpha value is -3.32. The number of nitrogens with zero attached hydrogens (tertiary/aromatic N) is 4. The van der Waals surface area contributed by atoms with Crippen molar-refractivity contribution in [1.82, 2.24) is 9.29 Å². The molecule has 1 aromatic heterocycles. The smallest absolute Gasteiger partial charge is 0.246 e. The van der Waals surface area contributed by atoms with Crippen LogP contribution in [0.15, 0.2) is 54.9 Å². The molecule has 0 unspecified atom stereocenters. The number of pyridine rings is 1. The van der Waals surface area contributed by atoms with Gasteiger partial charge in [0.15, 0.2) is 0 Å². The Bertz CT molecular complexity index is 1610. The van der Waals surface area contributed by atoms with Crippen LogP contribution in [0.3, 0.4) is 0 Å². The molecule has 3 aliphatic rings. The molecule has 0 bridgehead atoms. The van der Waals surface area contributed by atoms with Gasteiger partial charge in [-0.05, 0) is 36.1 Å². The highest BCUT2D eigenvalue weighted by Gasteiger charge is 2.58. The quantitative estimate of drug-likeness (QED) is 0.486. The summed E-state index contributed by atoms with van der Waals surface area (Å²) in [5, 5.41) is 11.3. The van der Waals surface area contributed by atoms with Gasteiger partial charge in [-0.25, -0.2) is 13.3 Å². The van der Waals surface area contributed by atoms with Crippen LogP contribution in [0.2, 0.25) is 5.02 Å². The summed E-state index contributed by atoms with van der Waals surface area (Å²) in [6, 6.07) is 14.5. The molecule has 1 spiro atoms. The second-order valence-corrected chi connectivity index (χ2v) is 12.3. The van der Waals surface area contributed by atoms with E-state index < -0.39 is 32.7 Å². The Morgan fingerprint density at radius 1 is 1.11 bits per heavy atom. The summed E-state index contributed by atoms with van der Waals surface area (Å²) in [5.74, 6) is -1.23. The van der Waals surface area contributed by atoms with E-state index in [0.717, 1.165) is 10.3 Å². The number of benzene rings is 2. The number of nitriles is 1. The lowest BCUT2D eigenvalue weighted by Gasteiger charge is -2.39. The summed E-state index contributed by atoms with van der Waals surface area (Å²) in [4.78, 5) is 33.0. The summed E-state index contributed by atoms with van der Waals surface area (Å²) in [6.07, 6.45) is 4.02. The van der Waals surface area contributed by atoms with Crippen molar-refractivity contribution in [2.45, 2.75) is 31.2 Å². The highest BCUT2D eigenvalue weighted by atomic mass is 35.5. The lowest BCUT2D eigenvalue weighted by atomic mass is 9.74. The topological polar surface area (TPSA) is 111 Å². The average Bonchev–Trinajstić information content (AvgIpc) is 3.58. The van der Waals surface area contributed by atoms with Crippen LogP contribution in [0.1, 0.15) is 30.4 Å². The van der Waals surface area contributed by atoms with Crippen molar-refractivity contribution in [3.8, 4) is 6.07 Å². The minimum Gasteiger partial charge on any atom is -0.274 e. The number of halogens is 1.